The number of amides is 1. The lowest BCUT2D eigenvalue weighted by Crippen LogP contribution is -2.31. The Hall–Kier alpha value is -3.60. The lowest BCUT2D eigenvalue weighted by molar-refractivity contribution is 0.0915. The number of hydrogen-bond donors (Lipinski definition) is 0. The Balaban J connectivity index is 1.41. The van der Waals surface area contributed by atoms with Crippen molar-refractivity contribution in [3.63, 3.8) is 0 Å². The molecule has 0 N–H and O–H groups in total. The number of imidazole rings is 1. The van der Waals surface area contributed by atoms with Crippen LogP contribution < -0.4 is 0 Å². The Morgan fingerprint density at radius 2 is 1.81 bits per heavy atom. The van der Waals surface area contributed by atoms with Gasteiger partial charge in [0.25, 0.3) is 0 Å². The molecule has 31 heavy (non-hydrogen) atoms. The minimum Gasteiger partial charge on any atom is -0.445 e. The highest BCUT2D eigenvalue weighted by atomic mass is 16.6. The largest absolute Gasteiger partial charge is 0.445 e. The predicted molar refractivity (Wildman–Crippen MR) is 121 cm³/mol. The third-order valence-corrected chi connectivity index (χ3v) is 5.97. The number of ether oxygens (including phenoxy) is 1. The molecule has 0 radical (unpaired) electrons. The molecule has 3 heterocycles. The van der Waals surface area contributed by atoms with E-state index in [1.165, 1.54) is 11.1 Å². The van der Waals surface area contributed by atoms with Crippen LogP contribution in [0.2, 0.25) is 0 Å². The molecule has 1 atom stereocenters. The molecule has 1 aliphatic rings. The topological polar surface area (TPSA) is 46.8 Å². The Morgan fingerprint density at radius 1 is 1.03 bits per heavy atom. The normalized spacial score (nSPS) is 16.0. The molecule has 4 aromatic rings. The Kier molecular flexibility index (Phi) is 5.16. The first kappa shape index (κ1) is 19.4. The summed E-state index contributed by atoms with van der Waals surface area (Å²) in [6, 6.07) is 22.2. The van der Waals surface area contributed by atoms with Gasteiger partial charge in [0, 0.05) is 24.5 Å². The maximum absolute atomic E-state index is 12.8. The van der Waals surface area contributed by atoms with Crippen LogP contribution in [0.25, 0.3) is 16.8 Å². The summed E-state index contributed by atoms with van der Waals surface area (Å²) in [5, 5.41) is 0. The van der Waals surface area contributed by atoms with Crippen molar-refractivity contribution < 1.29 is 9.53 Å². The third-order valence-electron chi connectivity index (χ3n) is 5.97. The number of carbonyl (C=O) groups is 1. The summed E-state index contributed by atoms with van der Waals surface area (Å²) in [4.78, 5) is 19.6. The molecule has 1 aliphatic heterocycles. The highest BCUT2D eigenvalue weighted by Crippen LogP contribution is 2.34. The number of aromatic nitrogens is 2. The standard InChI is InChI=1S/C26H25N3O2/c1-19-9-5-6-12-21(19)22-13-7-15-28-17-23(27-25(22)28)24-14-8-16-29(24)26(30)31-18-20-10-3-2-4-11-20/h2-7,9-13,15,17,24H,8,14,16,18H2,1H3/t24-/m0/s1. The van der Waals surface area contributed by atoms with Gasteiger partial charge < -0.3 is 9.14 Å². The van der Waals surface area contributed by atoms with Gasteiger partial charge in [-0.05, 0) is 48.6 Å². The van der Waals surface area contributed by atoms with E-state index in [0.29, 0.717) is 6.54 Å². The van der Waals surface area contributed by atoms with E-state index in [4.69, 9.17) is 9.72 Å². The Morgan fingerprint density at radius 3 is 2.65 bits per heavy atom. The molecule has 2 aromatic carbocycles. The zero-order chi connectivity index (χ0) is 21.2. The van der Waals surface area contributed by atoms with E-state index in [2.05, 4.69) is 35.6 Å². The second-order valence-corrected chi connectivity index (χ2v) is 8.03. The lowest BCUT2D eigenvalue weighted by atomic mass is 10.0. The van der Waals surface area contributed by atoms with Crippen LogP contribution >= 0.6 is 0 Å². The van der Waals surface area contributed by atoms with Gasteiger partial charge in [-0.2, -0.15) is 0 Å². The molecule has 0 saturated carbocycles. The smallest absolute Gasteiger partial charge is 0.410 e. The molecule has 5 rings (SSSR count). The average Bonchev–Trinajstić information content (AvgIpc) is 3.45. The summed E-state index contributed by atoms with van der Waals surface area (Å²) in [7, 11) is 0. The van der Waals surface area contributed by atoms with Crippen LogP contribution in [0, 0.1) is 6.92 Å². The summed E-state index contributed by atoms with van der Waals surface area (Å²) in [6.07, 6.45) is 5.63. The molecular weight excluding hydrogens is 386 g/mol. The van der Waals surface area contributed by atoms with Gasteiger partial charge in [-0.1, -0.05) is 54.6 Å². The molecule has 0 aliphatic carbocycles. The Bertz CT molecular complexity index is 1220. The van der Waals surface area contributed by atoms with E-state index in [-0.39, 0.29) is 18.7 Å². The van der Waals surface area contributed by atoms with Gasteiger partial charge in [-0.15, -0.1) is 0 Å². The van der Waals surface area contributed by atoms with E-state index in [0.717, 1.165) is 35.3 Å². The molecule has 0 bridgehead atoms. The predicted octanol–water partition coefficient (Wildman–Crippen LogP) is 5.78. The van der Waals surface area contributed by atoms with Gasteiger partial charge in [0.1, 0.15) is 12.3 Å². The second kappa shape index (κ2) is 8.26. The van der Waals surface area contributed by atoms with Crippen molar-refractivity contribution in [1.29, 1.82) is 0 Å². The first-order chi connectivity index (χ1) is 15.2. The maximum Gasteiger partial charge on any atom is 0.410 e. The van der Waals surface area contributed by atoms with Gasteiger partial charge >= 0.3 is 6.09 Å². The van der Waals surface area contributed by atoms with Crippen molar-refractivity contribution in [2.45, 2.75) is 32.4 Å². The molecule has 0 unspecified atom stereocenters. The van der Waals surface area contributed by atoms with Crippen LogP contribution in [0.3, 0.4) is 0 Å². The van der Waals surface area contributed by atoms with Crippen molar-refractivity contribution in [3.05, 3.63) is 95.9 Å². The summed E-state index contributed by atoms with van der Waals surface area (Å²) < 4.78 is 7.66. The average molecular weight is 412 g/mol. The number of nitrogens with zero attached hydrogens (tertiary/aromatic N) is 3. The molecule has 1 saturated heterocycles. The van der Waals surface area contributed by atoms with Crippen molar-refractivity contribution in [2.24, 2.45) is 0 Å². The highest BCUT2D eigenvalue weighted by molar-refractivity contribution is 5.79. The van der Waals surface area contributed by atoms with E-state index in [1.54, 1.807) is 0 Å². The van der Waals surface area contributed by atoms with Crippen molar-refractivity contribution in [2.75, 3.05) is 6.54 Å². The van der Waals surface area contributed by atoms with E-state index < -0.39 is 0 Å². The van der Waals surface area contributed by atoms with Crippen molar-refractivity contribution in [3.8, 4) is 11.1 Å². The van der Waals surface area contributed by atoms with Gasteiger partial charge in [0.05, 0.1) is 11.7 Å². The number of likely N-dealkylation sites (tertiary alicyclic amines) is 1. The quantitative estimate of drug-likeness (QED) is 0.427. The fraction of sp³-hybridized carbons (Fsp3) is 0.231. The molecule has 5 nitrogen and oxygen atoms in total. The zero-order valence-electron chi connectivity index (χ0n) is 17.6. The molecular formula is C26H25N3O2. The molecule has 1 amide bonds. The molecule has 156 valence electrons. The van der Waals surface area contributed by atoms with Crippen LogP contribution in [-0.2, 0) is 11.3 Å². The van der Waals surface area contributed by atoms with E-state index in [9.17, 15) is 4.79 Å². The SMILES string of the molecule is Cc1ccccc1-c1cccn2cc([C@@H]3CCCN3C(=O)OCc3ccccc3)nc12. The van der Waals surface area contributed by atoms with Crippen molar-refractivity contribution >= 4 is 11.7 Å². The number of rotatable bonds is 4. The first-order valence-electron chi connectivity index (χ1n) is 10.7. The minimum absolute atomic E-state index is 0.0621. The fourth-order valence-electron chi connectivity index (χ4n) is 4.37. The number of fused-ring (bicyclic) bond motifs is 1. The van der Waals surface area contributed by atoms with E-state index >= 15 is 0 Å². The summed E-state index contributed by atoms with van der Waals surface area (Å²) in [6.45, 7) is 3.09. The maximum atomic E-state index is 12.8. The fourth-order valence-corrected chi connectivity index (χ4v) is 4.37. The van der Waals surface area contributed by atoms with Crippen LogP contribution in [0.4, 0.5) is 4.79 Å². The van der Waals surface area contributed by atoms with E-state index in [1.807, 2.05) is 59.8 Å². The number of pyridine rings is 1. The minimum atomic E-state index is -0.275. The molecule has 0 spiro atoms. The second-order valence-electron chi connectivity index (χ2n) is 8.03. The molecule has 5 heteroatoms. The van der Waals surface area contributed by atoms with Gasteiger partial charge in [0.15, 0.2) is 0 Å². The zero-order valence-corrected chi connectivity index (χ0v) is 17.6. The molecule has 2 aromatic heterocycles. The summed E-state index contributed by atoms with van der Waals surface area (Å²) in [5.41, 5.74) is 6.31. The first-order valence-corrected chi connectivity index (χ1v) is 10.7. The number of hydrogen-bond acceptors (Lipinski definition) is 3. The Labute approximate surface area is 181 Å². The highest BCUT2D eigenvalue weighted by Gasteiger charge is 2.33. The number of carbonyl (C=O) groups excluding carboxylic acids is 1. The van der Waals surface area contributed by atoms with Crippen molar-refractivity contribution in [1.82, 2.24) is 14.3 Å². The van der Waals surface area contributed by atoms with Crippen LogP contribution in [0.1, 0.15) is 35.7 Å². The monoisotopic (exact) mass is 411 g/mol. The van der Waals surface area contributed by atoms with Crippen LogP contribution in [-0.4, -0.2) is 26.9 Å². The van der Waals surface area contributed by atoms with Gasteiger partial charge in [-0.3, -0.25) is 4.90 Å². The molecule has 1 fully saturated rings. The summed E-state index contributed by atoms with van der Waals surface area (Å²) >= 11 is 0. The van der Waals surface area contributed by atoms with Crippen LogP contribution in [0.5, 0.6) is 0 Å². The van der Waals surface area contributed by atoms with Gasteiger partial charge in [0.2, 0.25) is 0 Å². The number of benzene rings is 2. The van der Waals surface area contributed by atoms with Gasteiger partial charge in [-0.25, -0.2) is 9.78 Å². The van der Waals surface area contributed by atoms with Crippen LogP contribution in [0.15, 0.2) is 79.1 Å². The number of aryl methyl sites for hydroxylation is 1. The lowest BCUT2D eigenvalue weighted by Gasteiger charge is -2.22. The third kappa shape index (κ3) is 3.79. The summed E-state index contributed by atoms with van der Waals surface area (Å²) in [5.74, 6) is 0.